The Labute approximate surface area is 122 Å². The number of pyridine rings is 1. The first-order valence-electron chi connectivity index (χ1n) is 6.84. The van der Waals surface area contributed by atoms with Crippen molar-refractivity contribution < 1.29 is 4.92 Å². The number of rotatable bonds is 3. The Kier molecular flexibility index (Phi) is 3.53. The van der Waals surface area contributed by atoms with E-state index in [1.54, 1.807) is 13.1 Å². The number of hydrogen-bond acceptors (Lipinski definition) is 5. The molecule has 0 amide bonds. The Morgan fingerprint density at radius 3 is 3.10 bits per heavy atom. The highest BCUT2D eigenvalue weighted by molar-refractivity contribution is 5.69. The van der Waals surface area contributed by atoms with Crippen LogP contribution in [0.2, 0.25) is 0 Å². The fraction of sp³-hybridized carbons (Fsp3) is 0.267. The minimum absolute atomic E-state index is 0.00142. The average Bonchev–Trinajstić information content (AvgIpc) is 2.49. The maximum absolute atomic E-state index is 11.2. The highest BCUT2D eigenvalue weighted by Crippen LogP contribution is 2.30. The summed E-state index contributed by atoms with van der Waals surface area (Å²) in [5.41, 5.74) is 4.09. The Balaban J connectivity index is 2.00. The van der Waals surface area contributed by atoms with E-state index in [0.29, 0.717) is 0 Å². The molecule has 2 aromatic rings. The molecule has 0 spiro atoms. The topological polar surface area (TPSA) is 80.1 Å². The lowest BCUT2D eigenvalue weighted by atomic mass is 9.99. The van der Waals surface area contributed by atoms with Crippen LogP contribution in [0.5, 0.6) is 0 Å². The predicted molar refractivity (Wildman–Crippen MR) is 80.8 cm³/mol. The number of nitrogens with one attached hydrogen (secondary N) is 2. The number of anilines is 2. The number of fused-ring (bicyclic) bond motifs is 1. The van der Waals surface area contributed by atoms with E-state index in [2.05, 4.69) is 21.7 Å². The van der Waals surface area contributed by atoms with Gasteiger partial charge in [0.1, 0.15) is 0 Å². The van der Waals surface area contributed by atoms with E-state index in [9.17, 15) is 10.1 Å². The summed E-state index contributed by atoms with van der Waals surface area (Å²) in [6.45, 7) is 3.53. The molecule has 1 aromatic heterocycles. The van der Waals surface area contributed by atoms with Crippen molar-refractivity contribution in [3.63, 3.8) is 0 Å². The Bertz CT molecular complexity index is 700. The van der Waals surface area contributed by atoms with Crippen molar-refractivity contribution in [1.29, 1.82) is 0 Å². The van der Waals surface area contributed by atoms with Gasteiger partial charge in [-0.1, -0.05) is 12.1 Å². The number of aryl methyl sites for hydroxylation is 1. The van der Waals surface area contributed by atoms with Gasteiger partial charge in [-0.05, 0) is 42.6 Å². The molecule has 2 N–H and O–H groups in total. The van der Waals surface area contributed by atoms with Crippen LogP contribution in [0.25, 0.3) is 0 Å². The summed E-state index contributed by atoms with van der Waals surface area (Å²) in [6.07, 6.45) is 2.53. The lowest BCUT2D eigenvalue weighted by molar-refractivity contribution is -0.384. The van der Waals surface area contributed by atoms with Crippen LogP contribution >= 0.6 is 0 Å². The minimum Gasteiger partial charge on any atom is -0.334 e. The molecule has 2 heterocycles. The molecule has 0 saturated carbocycles. The van der Waals surface area contributed by atoms with Gasteiger partial charge in [-0.3, -0.25) is 10.1 Å². The fourth-order valence-electron chi connectivity index (χ4n) is 2.57. The molecule has 1 aliphatic rings. The molecule has 108 valence electrons. The molecule has 0 bridgehead atoms. The first-order valence-corrected chi connectivity index (χ1v) is 6.84. The zero-order chi connectivity index (χ0) is 14.8. The van der Waals surface area contributed by atoms with E-state index >= 15 is 0 Å². The van der Waals surface area contributed by atoms with Gasteiger partial charge in [0.2, 0.25) is 5.82 Å². The average molecular weight is 284 g/mol. The monoisotopic (exact) mass is 284 g/mol. The standard InChI is InChI=1S/C15H16N4O2/c1-10-7-14(19(20)21)15(17-8-10)18-13-4-2-3-11-9-16-6-5-12(11)13/h2-4,7-8,16H,5-6,9H2,1H3,(H,17,18). The highest BCUT2D eigenvalue weighted by atomic mass is 16.6. The third-order valence-corrected chi connectivity index (χ3v) is 3.59. The van der Waals surface area contributed by atoms with Crippen LogP contribution in [0.15, 0.2) is 30.5 Å². The van der Waals surface area contributed by atoms with E-state index in [1.165, 1.54) is 17.2 Å². The summed E-state index contributed by atoms with van der Waals surface area (Å²) >= 11 is 0. The molecule has 3 rings (SSSR count). The van der Waals surface area contributed by atoms with Gasteiger partial charge in [-0.15, -0.1) is 0 Å². The summed E-state index contributed by atoms with van der Waals surface area (Å²) in [5, 5.41) is 17.6. The van der Waals surface area contributed by atoms with E-state index in [0.717, 1.165) is 30.8 Å². The van der Waals surface area contributed by atoms with Gasteiger partial charge in [0.05, 0.1) is 4.92 Å². The maximum Gasteiger partial charge on any atom is 0.311 e. The SMILES string of the molecule is Cc1cnc(Nc2cccc3c2CCNC3)c([N+](=O)[O-])c1. The smallest absolute Gasteiger partial charge is 0.311 e. The second-order valence-corrected chi connectivity index (χ2v) is 5.13. The van der Waals surface area contributed by atoms with Crippen molar-refractivity contribution in [2.75, 3.05) is 11.9 Å². The van der Waals surface area contributed by atoms with Crippen molar-refractivity contribution in [2.24, 2.45) is 0 Å². The van der Waals surface area contributed by atoms with Crippen LogP contribution in [-0.4, -0.2) is 16.5 Å². The van der Waals surface area contributed by atoms with Crippen LogP contribution in [0.4, 0.5) is 17.2 Å². The molecular formula is C15H16N4O2. The van der Waals surface area contributed by atoms with Gasteiger partial charge in [0.15, 0.2) is 0 Å². The summed E-state index contributed by atoms with van der Waals surface area (Å²) in [7, 11) is 0. The molecule has 1 aliphatic heterocycles. The van der Waals surface area contributed by atoms with E-state index in [1.807, 2.05) is 12.1 Å². The molecule has 1 aromatic carbocycles. The summed E-state index contributed by atoms with van der Waals surface area (Å²) in [5.74, 6) is 0.289. The van der Waals surface area contributed by atoms with Crippen LogP contribution in [0.3, 0.4) is 0 Å². The number of hydrogen-bond donors (Lipinski definition) is 2. The Morgan fingerprint density at radius 1 is 1.43 bits per heavy atom. The van der Waals surface area contributed by atoms with Crippen molar-refractivity contribution in [3.05, 3.63) is 57.3 Å². The second-order valence-electron chi connectivity index (χ2n) is 5.13. The number of nitro groups is 1. The van der Waals surface area contributed by atoms with Crippen molar-refractivity contribution >= 4 is 17.2 Å². The fourth-order valence-corrected chi connectivity index (χ4v) is 2.57. The van der Waals surface area contributed by atoms with Gasteiger partial charge in [-0.2, -0.15) is 0 Å². The largest absolute Gasteiger partial charge is 0.334 e. The van der Waals surface area contributed by atoms with Crippen molar-refractivity contribution in [3.8, 4) is 0 Å². The third kappa shape index (κ3) is 2.71. The molecular weight excluding hydrogens is 268 g/mol. The van der Waals surface area contributed by atoms with Crippen molar-refractivity contribution in [2.45, 2.75) is 19.9 Å². The third-order valence-electron chi connectivity index (χ3n) is 3.59. The number of nitrogens with zero attached hydrogens (tertiary/aromatic N) is 2. The first-order chi connectivity index (χ1) is 10.1. The van der Waals surface area contributed by atoms with Crippen LogP contribution in [-0.2, 0) is 13.0 Å². The maximum atomic E-state index is 11.2. The molecule has 6 heteroatoms. The summed E-state index contributed by atoms with van der Waals surface area (Å²) < 4.78 is 0. The van der Waals surface area contributed by atoms with E-state index < -0.39 is 4.92 Å². The Hall–Kier alpha value is -2.47. The second kappa shape index (κ2) is 5.49. The lowest BCUT2D eigenvalue weighted by Gasteiger charge is -2.20. The molecule has 0 unspecified atom stereocenters. The van der Waals surface area contributed by atoms with E-state index in [4.69, 9.17) is 0 Å². The van der Waals surface area contributed by atoms with Crippen molar-refractivity contribution in [1.82, 2.24) is 10.3 Å². The van der Waals surface area contributed by atoms with Gasteiger partial charge in [0.25, 0.3) is 0 Å². The summed E-state index contributed by atoms with van der Waals surface area (Å²) in [6, 6.07) is 7.50. The van der Waals surface area contributed by atoms with Gasteiger partial charge < -0.3 is 10.6 Å². The molecule has 0 radical (unpaired) electrons. The molecule has 0 saturated heterocycles. The minimum atomic E-state index is -0.403. The van der Waals surface area contributed by atoms with Crippen LogP contribution < -0.4 is 10.6 Å². The zero-order valence-electron chi connectivity index (χ0n) is 11.7. The molecule has 6 nitrogen and oxygen atoms in total. The molecule has 21 heavy (non-hydrogen) atoms. The number of benzene rings is 1. The predicted octanol–water partition coefficient (Wildman–Crippen LogP) is 2.69. The highest BCUT2D eigenvalue weighted by Gasteiger charge is 2.18. The molecule has 0 fully saturated rings. The zero-order valence-corrected chi connectivity index (χ0v) is 11.7. The number of aromatic nitrogens is 1. The van der Waals surface area contributed by atoms with Gasteiger partial charge in [0, 0.05) is 24.5 Å². The lowest BCUT2D eigenvalue weighted by Crippen LogP contribution is -2.24. The summed E-state index contributed by atoms with van der Waals surface area (Å²) in [4.78, 5) is 14.9. The molecule has 0 atom stereocenters. The van der Waals surface area contributed by atoms with Gasteiger partial charge >= 0.3 is 5.69 Å². The Morgan fingerprint density at radius 2 is 2.29 bits per heavy atom. The van der Waals surface area contributed by atoms with Gasteiger partial charge in [-0.25, -0.2) is 4.98 Å². The quantitative estimate of drug-likeness (QED) is 0.669. The van der Waals surface area contributed by atoms with E-state index in [-0.39, 0.29) is 11.5 Å². The van der Waals surface area contributed by atoms with Crippen LogP contribution in [0.1, 0.15) is 16.7 Å². The normalized spacial score (nSPS) is 13.6. The first kappa shape index (κ1) is 13.5. The van der Waals surface area contributed by atoms with Crippen LogP contribution in [0, 0.1) is 17.0 Å². The molecule has 0 aliphatic carbocycles.